The zero-order chi connectivity index (χ0) is 16.8. The van der Waals surface area contributed by atoms with Crippen molar-refractivity contribution in [2.24, 2.45) is 0 Å². The molecule has 3 rings (SSSR count). The van der Waals surface area contributed by atoms with Crippen molar-refractivity contribution in [3.8, 4) is 17.2 Å². The Kier molecular flexibility index (Phi) is 5.62. The van der Waals surface area contributed by atoms with Crippen LogP contribution in [0.4, 0.5) is 0 Å². The first-order chi connectivity index (χ1) is 11.8. The lowest BCUT2D eigenvalue weighted by Crippen LogP contribution is -2.33. The Hall–Kier alpha value is -2.17. The fourth-order valence-electron chi connectivity index (χ4n) is 3.23. The Morgan fingerprint density at radius 1 is 1.17 bits per heavy atom. The fourth-order valence-corrected chi connectivity index (χ4v) is 3.23. The van der Waals surface area contributed by atoms with Crippen molar-refractivity contribution in [1.29, 1.82) is 0 Å². The van der Waals surface area contributed by atoms with E-state index >= 15 is 0 Å². The maximum absolute atomic E-state index is 12.2. The Morgan fingerprint density at radius 2 is 1.92 bits per heavy atom. The van der Waals surface area contributed by atoms with Crippen molar-refractivity contribution in [3.05, 3.63) is 23.8 Å². The van der Waals surface area contributed by atoms with Gasteiger partial charge in [0.1, 0.15) is 13.2 Å². The van der Waals surface area contributed by atoms with Crippen molar-refractivity contribution >= 4 is 12.0 Å². The highest BCUT2D eigenvalue weighted by atomic mass is 16.6. The number of rotatable bonds is 4. The molecule has 5 nitrogen and oxygen atoms in total. The smallest absolute Gasteiger partial charge is 0.244 e. The number of hydrogen-bond donors (Lipinski definition) is 1. The van der Waals surface area contributed by atoms with E-state index in [2.05, 4.69) is 5.32 Å². The molecule has 0 bridgehead atoms. The lowest BCUT2D eigenvalue weighted by molar-refractivity contribution is -0.117. The van der Waals surface area contributed by atoms with Crippen LogP contribution in [0, 0.1) is 0 Å². The third kappa shape index (κ3) is 4.22. The molecule has 1 heterocycles. The molecular weight excluding hydrogens is 306 g/mol. The molecule has 5 heteroatoms. The molecule has 0 unspecified atom stereocenters. The van der Waals surface area contributed by atoms with Crippen LogP contribution in [0.15, 0.2) is 18.2 Å². The monoisotopic (exact) mass is 331 g/mol. The van der Waals surface area contributed by atoms with E-state index < -0.39 is 0 Å². The molecule has 2 aliphatic rings. The molecule has 1 saturated carbocycles. The van der Waals surface area contributed by atoms with Gasteiger partial charge in [0.05, 0.1) is 7.11 Å². The number of carbonyl (C=O) groups is 1. The molecule has 1 aliphatic heterocycles. The molecule has 24 heavy (non-hydrogen) atoms. The van der Waals surface area contributed by atoms with Gasteiger partial charge in [0.25, 0.3) is 0 Å². The summed E-state index contributed by atoms with van der Waals surface area (Å²) < 4.78 is 16.6. The van der Waals surface area contributed by atoms with E-state index in [-0.39, 0.29) is 5.91 Å². The third-order valence-corrected chi connectivity index (χ3v) is 4.48. The minimum Gasteiger partial charge on any atom is -0.493 e. The van der Waals surface area contributed by atoms with Crippen molar-refractivity contribution in [3.63, 3.8) is 0 Å². The molecule has 1 fully saturated rings. The van der Waals surface area contributed by atoms with Crippen LogP contribution in [-0.2, 0) is 4.79 Å². The number of carbonyl (C=O) groups excluding carboxylic acids is 1. The molecule has 0 spiro atoms. The van der Waals surface area contributed by atoms with Gasteiger partial charge >= 0.3 is 0 Å². The Balaban J connectivity index is 1.66. The first-order valence-electron chi connectivity index (χ1n) is 8.72. The highest BCUT2D eigenvalue weighted by molar-refractivity contribution is 5.92. The Morgan fingerprint density at radius 3 is 2.67 bits per heavy atom. The first-order valence-corrected chi connectivity index (χ1v) is 8.72. The lowest BCUT2D eigenvalue weighted by atomic mass is 10.1. The van der Waals surface area contributed by atoms with Gasteiger partial charge in [-0.3, -0.25) is 4.79 Å². The molecule has 0 aromatic heterocycles. The lowest BCUT2D eigenvalue weighted by Gasteiger charge is -2.21. The van der Waals surface area contributed by atoms with Gasteiger partial charge in [-0.25, -0.2) is 0 Å². The van der Waals surface area contributed by atoms with E-state index in [9.17, 15) is 4.79 Å². The standard InChI is InChI=1S/C19H25NO4/c1-22-16-12-14(13-17-19(16)24-11-10-23-17)8-9-18(21)20-15-6-4-2-3-5-7-15/h8-9,12-13,15H,2-7,10-11H2,1H3,(H,20,21)/b9-8+. The Bertz CT molecular complexity index is 586. The zero-order valence-electron chi connectivity index (χ0n) is 14.2. The van der Waals surface area contributed by atoms with Crippen molar-refractivity contribution in [2.75, 3.05) is 20.3 Å². The fraction of sp³-hybridized carbons (Fsp3) is 0.526. The molecule has 1 aromatic carbocycles. The summed E-state index contributed by atoms with van der Waals surface area (Å²) in [5, 5.41) is 3.11. The van der Waals surface area contributed by atoms with Gasteiger partial charge in [0, 0.05) is 12.1 Å². The van der Waals surface area contributed by atoms with Crippen LogP contribution < -0.4 is 19.5 Å². The summed E-state index contributed by atoms with van der Waals surface area (Å²) in [5.41, 5.74) is 0.854. The maximum atomic E-state index is 12.2. The number of benzene rings is 1. The quantitative estimate of drug-likeness (QED) is 0.679. The van der Waals surface area contributed by atoms with E-state index in [1.807, 2.05) is 12.1 Å². The second kappa shape index (κ2) is 8.08. The highest BCUT2D eigenvalue weighted by Gasteiger charge is 2.18. The molecule has 0 saturated heterocycles. The number of ether oxygens (including phenoxy) is 3. The van der Waals surface area contributed by atoms with Crippen LogP contribution in [0.5, 0.6) is 17.2 Å². The van der Waals surface area contributed by atoms with E-state index in [1.54, 1.807) is 19.3 Å². The van der Waals surface area contributed by atoms with Crippen LogP contribution >= 0.6 is 0 Å². The molecule has 0 atom stereocenters. The van der Waals surface area contributed by atoms with Gasteiger partial charge in [-0.2, -0.15) is 0 Å². The summed E-state index contributed by atoms with van der Waals surface area (Å²) in [6.45, 7) is 1.04. The molecule has 1 aliphatic carbocycles. The van der Waals surface area contributed by atoms with Crippen LogP contribution in [0.1, 0.15) is 44.1 Å². The average Bonchev–Trinajstić information content (AvgIpc) is 2.88. The van der Waals surface area contributed by atoms with E-state index in [1.165, 1.54) is 25.7 Å². The minimum atomic E-state index is -0.0456. The van der Waals surface area contributed by atoms with Gasteiger partial charge in [0.15, 0.2) is 11.5 Å². The third-order valence-electron chi connectivity index (χ3n) is 4.48. The maximum Gasteiger partial charge on any atom is 0.244 e. The van der Waals surface area contributed by atoms with E-state index in [0.29, 0.717) is 36.5 Å². The number of amides is 1. The van der Waals surface area contributed by atoms with Gasteiger partial charge in [-0.15, -0.1) is 0 Å². The molecule has 130 valence electrons. The van der Waals surface area contributed by atoms with Gasteiger partial charge < -0.3 is 19.5 Å². The summed E-state index contributed by atoms with van der Waals surface area (Å²) in [4.78, 5) is 12.2. The predicted molar refractivity (Wildman–Crippen MR) is 92.7 cm³/mol. The average molecular weight is 331 g/mol. The van der Waals surface area contributed by atoms with Crippen LogP contribution in [0.25, 0.3) is 6.08 Å². The van der Waals surface area contributed by atoms with Crippen molar-refractivity contribution < 1.29 is 19.0 Å². The second-order valence-corrected chi connectivity index (χ2v) is 6.28. The Labute approximate surface area is 143 Å². The van der Waals surface area contributed by atoms with Gasteiger partial charge in [0.2, 0.25) is 11.7 Å². The molecule has 1 N–H and O–H groups in total. The number of nitrogens with one attached hydrogen (secondary N) is 1. The summed E-state index contributed by atoms with van der Waals surface area (Å²) in [7, 11) is 1.60. The number of hydrogen-bond acceptors (Lipinski definition) is 4. The number of fused-ring (bicyclic) bond motifs is 1. The van der Waals surface area contributed by atoms with Crippen molar-refractivity contribution in [2.45, 2.75) is 44.6 Å². The first kappa shape index (κ1) is 16.7. The van der Waals surface area contributed by atoms with Crippen molar-refractivity contribution in [1.82, 2.24) is 5.32 Å². The van der Waals surface area contributed by atoms with Crippen LogP contribution in [0.2, 0.25) is 0 Å². The summed E-state index contributed by atoms with van der Waals surface area (Å²) >= 11 is 0. The minimum absolute atomic E-state index is 0.0456. The number of methoxy groups -OCH3 is 1. The largest absolute Gasteiger partial charge is 0.493 e. The second-order valence-electron chi connectivity index (χ2n) is 6.28. The van der Waals surface area contributed by atoms with E-state index in [4.69, 9.17) is 14.2 Å². The summed E-state index contributed by atoms with van der Waals surface area (Å²) in [6, 6.07) is 4.02. The predicted octanol–water partition coefficient (Wildman–Crippen LogP) is 3.32. The topological polar surface area (TPSA) is 56.8 Å². The molecular formula is C19H25NO4. The van der Waals surface area contributed by atoms with Gasteiger partial charge in [-0.05, 0) is 36.6 Å². The summed E-state index contributed by atoms with van der Waals surface area (Å²) in [5.74, 6) is 1.86. The highest BCUT2D eigenvalue weighted by Crippen LogP contribution is 2.40. The van der Waals surface area contributed by atoms with E-state index in [0.717, 1.165) is 18.4 Å². The molecule has 1 aromatic rings. The summed E-state index contributed by atoms with van der Waals surface area (Å²) in [6.07, 6.45) is 10.5. The van der Waals surface area contributed by atoms with Crippen LogP contribution in [-0.4, -0.2) is 32.3 Å². The zero-order valence-corrected chi connectivity index (χ0v) is 14.2. The molecule has 1 amide bonds. The molecule has 0 radical (unpaired) electrons. The normalized spacial score (nSPS) is 18.2. The van der Waals surface area contributed by atoms with Gasteiger partial charge in [-0.1, -0.05) is 25.7 Å². The van der Waals surface area contributed by atoms with Crippen LogP contribution in [0.3, 0.4) is 0 Å². The SMILES string of the molecule is COc1cc(/C=C/C(=O)NC2CCCCCC2)cc2c1OCCO2.